The molecule has 0 radical (unpaired) electrons. The molecule has 0 fully saturated rings. The van der Waals surface area contributed by atoms with Gasteiger partial charge in [-0.1, -0.05) is 37.6 Å². The summed E-state index contributed by atoms with van der Waals surface area (Å²) in [7, 11) is 0. The second-order valence-corrected chi connectivity index (χ2v) is 8.48. The molecule has 0 aliphatic carbocycles. The summed E-state index contributed by atoms with van der Waals surface area (Å²) in [6.07, 6.45) is -1.17. The van der Waals surface area contributed by atoms with Crippen LogP contribution in [0.5, 0.6) is 5.75 Å². The molecule has 0 atom stereocenters. The van der Waals surface area contributed by atoms with Crippen molar-refractivity contribution in [3.8, 4) is 16.3 Å². The molecule has 2 aromatic carbocycles. The number of nitrogens with zero attached hydrogens (tertiary/aromatic N) is 1. The second kappa shape index (κ2) is 10.6. The number of unbranched alkanes of at least 4 members (excludes halogenated alkanes) is 1. The SMILES string of the molecule is CCCCc1nc(-c2ccc(C(F)(F)F)cc2)sc1COc1cccc(CCC(=O)O)c1. The standard InChI is InChI=1S/C24H24F3NO3S/c1-2-3-7-20-21(15-31-19-6-4-5-16(14-19)8-13-22(29)30)32-23(28-20)17-9-11-18(12-10-17)24(25,26)27/h4-6,9-12,14H,2-3,7-8,13,15H2,1H3,(H,29,30). The predicted molar refractivity (Wildman–Crippen MR) is 118 cm³/mol. The van der Waals surface area contributed by atoms with Gasteiger partial charge in [0.15, 0.2) is 0 Å². The van der Waals surface area contributed by atoms with Crippen LogP contribution >= 0.6 is 11.3 Å². The van der Waals surface area contributed by atoms with Gasteiger partial charge in [0, 0.05) is 12.0 Å². The summed E-state index contributed by atoms with van der Waals surface area (Å²) in [6.45, 7) is 2.38. The van der Waals surface area contributed by atoms with E-state index in [4.69, 9.17) is 9.84 Å². The van der Waals surface area contributed by atoms with E-state index in [1.165, 1.54) is 23.5 Å². The number of carboxylic acids is 1. The molecular weight excluding hydrogens is 439 g/mol. The lowest BCUT2D eigenvalue weighted by molar-refractivity contribution is -0.138. The highest BCUT2D eigenvalue weighted by Crippen LogP contribution is 2.34. The molecule has 170 valence electrons. The first-order valence-corrected chi connectivity index (χ1v) is 11.2. The smallest absolute Gasteiger partial charge is 0.416 e. The van der Waals surface area contributed by atoms with Gasteiger partial charge in [0.05, 0.1) is 16.1 Å². The summed E-state index contributed by atoms with van der Waals surface area (Å²) < 4.78 is 44.5. The highest BCUT2D eigenvalue weighted by atomic mass is 32.1. The van der Waals surface area contributed by atoms with Crippen LogP contribution in [0, 0.1) is 0 Å². The molecule has 0 aliphatic heterocycles. The molecule has 8 heteroatoms. The Bertz CT molecular complexity index is 1050. The fourth-order valence-electron chi connectivity index (χ4n) is 3.15. The first-order valence-electron chi connectivity index (χ1n) is 10.4. The average molecular weight is 464 g/mol. The molecule has 1 N–H and O–H groups in total. The van der Waals surface area contributed by atoms with Crippen LogP contribution in [0.3, 0.4) is 0 Å². The molecule has 0 aliphatic rings. The van der Waals surface area contributed by atoms with E-state index in [1.807, 2.05) is 24.3 Å². The van der Waals surface area contributed by atoms with E-state index in [0.717, 1.165) is 47.5 Å². The third-order valence-corrected chi connectivity index (χ3v) is 6.02. The van der Waals surface area contributed by atoms with Crippen molar-refractivity contribution in [2.75, 3.05) is 0 Å². The van der Waals surface area contributed by atoms with Gasteiger partial charge in [-0.3, -0.25) is 4.79 Å². The lowest BCUT2D eigenvalue weighted by Crippen LogP contribution is -2.03. The van der Waals surface area contributed by atoms with E-state index in [-0.39, 0.29) is 6.42 Å². The molecule has 3 rings (SSSR count). The maximum absolute atomic E-state index is 12.8. The minimum atomic E-state index is -4.37. The highest BCUT2D eigenvalue weighted by Gasteiger charge is 2.30. The van der Waals surface area contributed by atoms with Crippen molar-refractivity contribution >= 4 is 17.3 Å². The molecule has 0 unspecified atom stereocenters. The van der Waals surface area contributed by atoms with Crippen LogP contribution in [0.1, 0.15) is 47.9 Å². The Hall–Kier alpha value is -2.87. The Morgan fingerprint density at radius 1 is 1.12 bits per heavy atom. The topological polar surface area (TPSA) is 59.4 Å². The molecule has 0 spiro atoms. The van der Waals surface area contributed by atoms with Gasteiger partial charge < -0.3 is 9.84 Å². The molecular formula is C24H24F3NO3S. The number of carbonyl (C=O) groups is 1. The summed E-state index contributed by atoms with van der Waals surface area (Å²) >= 11 is 1.42. The van der Waals surface area contributed by atoms with Crippen LogP contribution in [0.25, 0.3) is 10.6 Å². The summed E-state index contributed by atoms with van der Waals surface area (Å²) in [5.41, 5.74) is 1.73. The van der Waals surface area contributed by atoms with Gasteiger partial charge in [0.1, 0.15) is 17.4 Å². The van der Waals surface area contributed by atoms with E-state index in [0.29, 0.717) is 29.3 Å². The van der Waals surface area contributed by atoms with E-state index in [1.54, 1.807) is 0 Å². The van der Waals surface area contributed by atoms with Crippen molar-refractivity contribution in [1.82, 2.24) is 4.98 Å². The zero-order chi connectivity index (χ0) is 23.1. The van der Waals surface area contributed by atoms with Gasteiger partial charge in [-0.2, -0.15) is 13.2 Å². The lowest BCUT2D eigenvalue weighted by Gasteiger charge is -2.08. The number of halogens is 3. The third kappa shape index (κ3) is 6.56. The maximum Gasteiger partial charge on any atom is 0.416 e. The van der Waals surface area contributed by atoms with E-state index in [2.05, 4.69) is 11.9 Å². The fourth-order valence-corrected chi connectivity index (χ4v) is 4.18. The number of aryl methyl sites for hydroxylation is 2. The number of carboxylic acid groups (broad SMARTS) is 1. The summed E-state index contributed by atoms with van der Waals surface area (Å²) in [5, 5.41) is 9.52. The third-order valence-electron chi connectivity index (χ3n) is 4.90. The minimum absolute atomic E-state index is 0.0515. The number of aromatic nitrogens is 1. The Kier molecular flexibility index (Phi) is 7.90. The van der Waals surface area contributed by atoms with Crippen molar-refractivity contribution in [2.24, 2.45) is 0 Å². The summed E-state index contributed by atoms with van der Waals surface area (Å²) in [4.78, 5) is 16.4. The molecule has 0 saturated heterocycles. The van der Waals surface area contributed by atoms with Gasteiger partial charge in [-0.25, -0.2) is 4.98 Å². The summed E-state index contributed by atoms with van der Waals surface area (Å²) in [6, 6.07) is 12.4. The molecule has 3 aromatic rings. The Labute approximate surface area is 188 Å². The number of alkyl halides is 3. The van der Waals surface area contributed by atoms with E-state index >= 15 is 0 Å². The lowest BCUT2D eigenvalue weighted by atomic mass is 10.1. The number of ether oxygens (including phenoxy) is 1. The number of hydrogen-bond acceptors (Lipinski definition) is 4. The second-order valence-electron chi connectivity index (χ2n) is 7.40. The molecule has 1 aromatic heterocycles. The molecule has 32 heavy (non-hydrogen) atoms. The number of hydrogen-bond donors (Lipinski definition) is 1. The first-order chi connectivity index (χ1) is 15.3. The predicted octanol–water partition coefficient (Wildman–Crippen LogP) is 6.77. The molecule has 1 heterocycles. The van der Waals surface area contributed by atoms with Crippen LogP contribution in [0.2, 0.25) is 0 Å². The number of thiazole rings is 1. The van der Waals surface area contributed by atoms with E-state index in [9.17, 15) is 18.0 Å². The normalized spacial score (nSPS) is 11.5. The number of rotatable bonds is 10. The Morgan fingerprint density at radius 2 is 1.88 bits per heavy atom. The van der Waals surface area contributed by atoms with Crippen molar-refractivity contribution in [1.29, 1.82) is 0 Å². The first kappa shape index (κ1) is 23.8. The quantitative estimate of drug-likeness (QED) is 0.361. The van der Waals surface area contributed by atoms with Crippen LogP contribution in [-0.4, -0.2) is 16.1 Å². The number of benzene rings is 2. The maximum atomic E-state index is 12.8. The molecule has 4 nitrogen and oxygen atoms in total. The molecule has 0 bridgehead atoms. The number of aliphatic carboxylic acids is 1. The highest BCUT2D eigenvalue weighted by molar-refractivity contribution is 7.15. The van der Waals surface area contributed by atoms with Gasteiger partial charge in [0.25, 0.3) is 0 Å². The Morgan fingerprint density at radius 3 is 2.53 bits per heavy atom. The van der Waals surface area contributed by atoms with Crippen molar-refractivity contribution in [2.45, 2.75) is 51.8 Å². The van der Waals surface area contributed by atoms with Crippen LogP contribution < -0.4 is 4.74 Å². The summed E-state index contributed by atoms with van der Waals surface area (Å²) in [5.74, 6) is -0.212. The van der Waals surface area contributed by atoms with Crippen molar-refractivity contribution in [3.05, 3.63) is 70.2 Å². The zero-order valence-corrected chi connectivity index (χ0v) is 18.4. The van der Waals surface area contributed by atoms with Crippen molar-refractivity contribution < 1.29 is 27.8 Å². The van der Waals surface area contributed by atoms with Gasteiger partial charge in [-0.15, -0.1) is 11.3 Å². The minimum Gasteiger partial charge on any atom is -0.488 e. The zero-order valence-electron chi connectivity index (χ0n) is 17.6. The van der Waals surface area contributed by atoms with Crippen LogP contribution in [-0.2, 0) is 30.4 Å². The largest absolute Gasteiger partial charge is 0.488 e. The van der Waals surface area contributed by atoms with Gasteiger partial charge in [-0.05, 0) is 49.1 Å². The molecule has 0 saturated carbocycles. The van der Waals surface area contributed by atoms with Crippen LogP contribution in [0.4, 0.5) is 13.2 Å². The Balaban J connectivity index is 1.76. The van der Waals surface area contributed by atoms with Gasteiger partial charge >= 0.3 is 12.1 Å². The van der Waals surface area contributed by atoms with Gasteiger partial charge in [0.2, 0.25) is 0 Å². The van der Waals surface area contributed by atoms with Crippen LogP contribution in [0.15, 0.2) is 48.5 Å². The van der Waals surface area contributed by atoms with E-state index < -0.39 is 17.7 Å². The average Bonchev–Trinajstić information content (AvgIpc) is 3.17. The van der Waals surface area contributed by atoms with Crippen molar-refractivity contribution in [3.63, 3.8) is 0 Å². The fraction of sp³-hybridized carbons (Fsp3) is 0.333. The monoisotopic (exact) mass is 463 g/mol. The molecule has 0 amide bonds.